The minimum absolute atomic E-state index is 0.169. The Morgan fingerprint density at radius 3 is 2.68 bits per heavy atom. The van der Waals surface area contributed by atoms with Crippen molar-refractivity contribution in [3.8, 4) is 11.8 Å². The Balaban J connectivity index is 1.84. The Labute approximate surface area is 167 Å². The number of benzene rings is 2. The lowest BCUT2D eigenvalue weighted by atomic mass is 10.2. The highest BCUT2D eigenvalue weighted by atomic mass is 35.5. The van der Waals surface area contributed by atoms with Crippen LogP contribution in [0.15, 0.2) is 48.5 Å². The molecule has 7 nitrogen and oxygen atoms in total. The standard InChI is InChI=1S/C20H16ClN5O2/c1-12-23-17(20(27)26-16-6-4-3-5-13(16)11-22)10-19(24-12)25-14-7-8-18(28-2)15(21)9-14/h3-10H,1-2H3,(H,26,27)(H,23,24,25). The van der Waals surface area contributed by atoms with Gasteiger partial charge in [0.05, 0.1) is 23.4 Å². The van der Waals surface area contributed by atoms with Crippen LogP contribution in [0.5, 0.6) is 5.75 Å². The van der Waals surface area contributed by atoms with Gasteiger partial charge in [-0.15, -0.1) is 0 Å². The quantitative estimate of drug-likeness (QED) is 0.669. The molecule has 28 heavy (non-hydrogen) atoms. The van der Waals surface area contributed by atoms with Crippen LogP contribution in [0.25, 0.3) is 0 Å². The van der Waals surface area contributed by atoms with Gasteiger partial charge < -0.3 is 15.4 Å². The molecule has 0 atom stereocenters. The van der Waals surface area contributed by atoms with Gasteiger partial charge >= 0.3 is 0 Å². The van der Waals surface area contributed by atoms with E-state index in [9.17, 15) is 4.79 Å². The number of carbonyl (C=O) groups excluding carboxylic acids is 1. The van der Waals surface area contributed by atoms with E-state index in [4.69, 9.17) is 21.6 Å². The number of rotatable bonds is 5. The molecule has 3 rings (SSSR count). The van der Waals surface area contributed by atoms with E-state index in [0.717, 1.165) is 0 Å². The molecule has 0 saturated carbocycles. The molecular weight excluding hydrogens is 378 g/mol. The van der Waals surface area contributed by atoms with Gasteiger partial charge in [-0.1, -0.05) is 23.7 Å². The molecule has 0 bridgehead atoms. The Morgan fingerprint density at radius 1 is 1.18 bits per heavy atom. The molecule has 1 heterocycles. The second-order valence-corrected chi connectivity index (χ2v) is 6.18. The van der Waals surface area contributed by atoms with E-state index < -0.39 is 5.91 Å². The van der Waals surface area contributed by atoms with Gasteiger partial charge in [-0.25, -0.2) is 9.97 Å². The fourth-order valence-corrected chi connectivity index (χ4v) is 2.77. The van der Waals surface area contributed by atoms with E-state index in [1.165, 1.54) is 13.2 Å². The van der Waals surface area contributed by atoms with Gasteiger partial charge in [0.1, 0.15) is 29.2 Å². The first-order chi connectivity index (χ1) is 13.5. The van der Waals surface area contributed by atoms with Gasteiger partial charge in [-0.05, 0) is 37.3 Å². The number of hydrogen-bond acceptors (Lipinski definition) is 6. The molecule has 0 aliphatic rings. The molecule has 0 aliphatic carbocycles. The molecule has 1 amide bonds. The van der Waals surface area contributed by atoms with E-state index in [1.807, 2.05) is 6.07 Å². The van der Waals surface area contributed by atoms with Gasteiger partial charge in [0, 0.05) is 11.8 Å². The SMILES string of the molecule is COc1ccc(Nc2cc(C(=O)Nc3ccccc3C#N)nc(C)n2)cc1Cl. The molecule has 0 aliphatic heterocycles. The summed E-state index contributed by atoms with van der Waals surface area (Å²) in [6.45, 7) is 1.69. The van der Waals surface area contributed by atoms with Gasteiger partial charge in [-0.2, -0.15) is 5.26 Å². The van der Waals surface area contributed by atoms with Crippen LogP contribution >= 0.6 is 11.6 Å². The Morgan fingerprint density at radius 2 is 1.96 bits per heavy atom. The fraction of sp³-hybridized carbons (Fsp3) is 0.100. The molecule has 8 heteroatoms. The summed E-state index contributed by atoms with van der Waals surface area (Å²) in [5.74, 6) is 0.974. The summed E-state index contributed by atoms with van der Waals surface area (Å²) in [6.07, 6.45) is 0. The molecule has 0 fully saturated rings. The molecule has 2 N–H and O–H groups in total. The molecule has 0 spiro atoms. The third kappa shape index (κ3) is 4.37. The fourth-order valence-electron chi connectivity index (χ4n) is 2.52. The highest BCUT2D eigenvalue weighted by Gasteiger charge is 2.13. The van der Waals surface area contributed by atoms with Crippen LogP contribution in [-0.2, 0) is 0 Å². The summed E-state index contributed by atoms with van der Waals surface area (Å²) >= 11 is 6.14. The third-order valence-electron chi connectivity index (χ3n) is 3.79. The number of carbonyl (C=O) groups is 1. The normalized spacial score (nSPS) is 10.1. The number of aromatic nitrogens is 2. The van der Waals surface area contributed by atoms with Crippen LogP contribution < -0.4 is 15.4 Å². The minimum Gasteiger partial charge on any atom is -0.495 e. The van der Waals surface area contributed by atoms with Gasteiger partial charge in [0.15, 0.2) is 0 Å². The number of nitrogens with one attached hydrogen (secondary N) is 2. The number of ether oxygens (including phenoxy) is 1. The Bertz CT molecular complexity index is 1080. The molecule has 1 aromatic heterocycles. The minimum atomic E-state index is -0.441. The number of methoxy groups -OCH3 is 1. The van der Waals surface area contributed by atoms with Gasteiger partial charge in [0.2, 0.25) is 0 Å². The number of hydrogen-bond donors (Lipinski definition) is 2. The summed E-state index contributed by atoms with van der Waals surface area (Å²) in [6, 6.07) is 15.5. The third-order valence-corrected chi connectivity index (χ3v) is 4.09. The predicted octanol–water partition coefficient (Wildman–Crippen LogP) is 4.31. The van der Waals surface area contributed by atoms with E-state index in [-0.39, 0.29) is 5.69 Å². The molecule has 140 valence electrons. The first kappa shape index (κ1) is 19.1. The zero-order valence-corrected chi connectivity index (χ0v) is 15.9. The summed E-state index contributed by atoms with van der Waals surface area (Å²) in [5.41, 5.74) is 1.64. The number of aryl methyl sites for hydroxylation is 1. The van der Waals surface area contributed by atoms with Crippen LogP contribution in [0.1, 0.15) is 21.9 Å². The number of nitriles is 1. The second-order valence-electron chi connectivity index (χ2n) is 5.77. The number of anilines is 3. The van der Waals surface area contributed by atoms with E-state index >= 15 is 0 Å². The van der Waals surface area contributed by atoms with Crippen LogP contribution in [0.2, 0.25) is 5.02 Å². The zero-order valence-electron chi connectivity index (χ0n) is 15.2. The first-order valence-electron chi connectivity index (χ1n) is 8.27. The average Bonchev–Trinajstić information content (AvgIpc) is 2.68. The van der Waals surface area contributed by atoms with Crippen LogP contribution in [0.3, 0.4) is 0 Å². The monoisotopic (exact) mass is 393 g/mol. The van der Waals surface area contributed by atoms with Crippen molar-refractivity contribution in [3.05, 3.63) is 70.6 Å². The van der Waals surface area contributed by atoms with E-state index in [0.29, 0.717) is 39.4 Å². The van der Waals surface area contributed by atoms with E-state index in [2.05, 4.69) is 20.6 Å². The highest BCUT2D eigenvalue weighted by molar-refractivity contribution is 6.32. The van der Waals surface area contributed by atoms with Crippen LogP contribution in [-0.4, -0.2) is 23.0 Å². The van der Waals surface area contributed by atoms with E-state index in [1.54, 1.807) is 49.4 Å². The van der Waals surface area contributed by atoms with Crippen molar-refractivity contribution in [2.24, 2.45) is 0 Å². The Kier molecular flexibility index (Phi) is 5.72. The molecular formula is C20H16ClN5O2. The summed E-state index contributed by atoms with van der Waals surface area (Å²) < 4.78 is 5.13. The van der Waals surface area contributed by atoms with Crippen LogP contribution in [0, 0.1) is 18.3 Å². The van der Waals surface area contributed by atoms with Crippen molar-refractivity contribution in [1.82, 2.24) is 9.97 Å². The van der Waals surface area contributed by atoms with Crippen molar-refractivity contribution in [2.75, 3.05) is 17.7 Å². The number of nitrogens with zero attached hydrogens (tertiary/aromatic N) is 3. The largest absolute Gasteiger partial charge is 0.495 e. The lowest BCUT2D eigenvalue weighted by molar-refractivity contribution is 0.102. The maximum absolute atomic E-state index is 12.6. The number of para-hydroxylation sites is 1. The van der Waals surface area contributed by atoms with Gasteiger partial charge in [0.25, 0.3) is 5.91 Å². The number of amides is 1. The summed E-state index contributed by atoms with van der Waals surface area (Å²) in [5, 5.41) is 15.4. The highest BCUT2D eigenvalue weighted by Crippen LogP contribution is 2.28. The summed E-state index contributed by atoms with van der Waals surface area (Å²) in [7, 11) is 1.54. The number of halogens is 1. The molecule has 0 radical (unpaired) electrons. The van der Waals surface area contributed by atoms with Crippen LogP contribution in [0.4, 0.5) is 17.2 Å². The predicted molar refractivity (Wildman–Crippen MR) is 107 cm³/mol. The zero-order chi connectivity index (χ0) is 20.1. The maximum Gasteiger partial charge on any atom is 0.274 e. The van der Waals surface area contributed by atoms with Crippen molar-refractivity contribution < 1.29 is 9.53 Å². The van der Waals surface area contributed by atoms with Crippen molar-refractivity contribution in [3.63, 3.8) is 0 Å². The average molecular weight is 394 g/mol. The smallest absolute Gasteiger partial charge is 0.274 e. The molecule has 0 unspecified atom stereocenters. The molecule has 2 aromatic carbocycles. The lowest BCUT2D eigenvalue weighted by Gasteiger charge is -2.11. The molecule has 0 saturated heterocycles. The topological polar surface area (TPSA) is 99.9 Å². The summed E-state index contributed by atoms with van der Waals surface area (Å²) in [4.78, 5) is 21.1. The second kappa shape index (κ2) is 8.37. The Hall–Kier alpha value is -3.63. The van der Waals surface area contributed by atoms with Crippen molar-refractivity contribution >= 4 is 34.7 Å². The first-order valence-corrected chi connectivity index (χ1v) is 8.64. The molecule has 3 aromatic rings. The maximum atomic E-state index is 12.6. The lowest BCUT2D eigenvalue weighted by Crippen LogP contribution is -2.16. The van der Waals surface area contributed by atoms with Crippen molar-refractivity contribution in [1.29, 1.82) is 5.26 Å². The van der Waals surface area contributed by atoms with Crippen molar-refractivity contribution in [2.45, 2.75) is 6.92 Å². The van der Waals surface area contributed by atoms with Gasteiger partial charge in [-0.3, -0.25) is 4.79 Å².